The second kappa shape index (κ2) is 5.97. The van der Waals surface area contributed by atoms with E-state index in [-0.39, 0.29) is 0 Å². The summed E-state index contributed by atoms with van der Waals surface area (Å²) in [6, 6.07) is 4.65. The Labute approximate surface area is 97.4 Å². The molecule has 1 aromatic rings. The molecule has 3 N–H and O–H groups in total. The molecule has 1 saturated carbocycles. The van der Waals surface area contributed by atoms with Crippen molar-refractivity contribution in [1.29, 1.82) is 0 Å². The molecule has 16 heavy (non-hydrogen) atoms. The van der Waals surface area contributed by atoms with Gasteiger partial charge in [-0.2, -0.15) is 0 Å². The largest absolute Gasteiger partial charge is 0.271 e. The van der Waals surface area contributed by atoms with E-state index in [9.17, 15) is 0 Å². The van der Waals surface area contributed by atoms with Gasteiger partial charge in [0.25, 0.3) is 0 Å². The topological polar surface area (TPSA) is 50.9 Å². The van der Waals surface area contributed by atoms with Crippen LogP contribution in [0.4, 0.5) is 0 Å². The molecule has 1 aliphatic rings. The minimum Gasteiger partial charge on any atom is -0.271 e. The molecular formula is C13H21N3. The normalized spacial score (nSPS) is 18.8. The van der Waals surface area contributed by atoms with E-state index in [1.165, 1.54) is 31.2 Å². The average molecular weight is 219 g/mol. The SMILES string of the molecule is NNC(CCc1ccncc1)C1CCCC1. The maximum atomic E-state index is 5.65. The minimum absolute atomic E-state index is 0.482. The molecule has 2 rings (SSSR count). The van der Waals surface area contributed by atoms with Gasteiger partial charge in [0.1, 0.15) is 0 Å². The third-order valence-electron chi connectivity index (χ3n) is 3.68. The van der Waals surface area contributed by atoms with E-state index in [2.05, 4.69) is 22.5 Å². The van der Waals surface area contributed by atoms with Crippen LogP contribution in [0.5, 0.6) is 0 Å². The summed E-state index contributed by atoms with van der Waals surface area (Å²) < 4.78 is 0. The first-order chi connectivity index (χ1) is 7.90. The molecule has 0 saturated heterocycles. The van der Waals surface area contributed by atoms with Gasteiger partial charge in [-0.25, -0.2) is 0 Å². The highest BCUT2D eigenvalue weighted by molar-refractivity contribution is 5.09. The first-order valence-electron chi connectivity index (χ1n) is 6.25. The van der Waals surface area contributed by atoms with E-state index >= 15 is 0 Å². The monoisotopic (exact) mass is 219 g/mol. The van der Waals surface area contributed by atoms with Crippen LogP contribution in [0.25, 0.3) is 0 Å². The number of rotatable bonds is 5. The van der Waals surface area contributed by atoms with E-state index in [1.807, 2.05) is 12.4 Å². The summed E-state index contributed by atoms with van der Waals surface area (Å²) in [5, 5.41) is 0. The summed E-state index contributed by atoms with van der Waals surface area (Å²) in [5.74, 6) is 6.44. The zero-order valence-electron chi connectivity index (χ0n) is 9.73. The van der Waals surface area contributed by atoms with E-state index in [1.54, 1.807) is 0 Å². The fourth-order valence-corrected chi connectivity index (χ4v) is 2.69. The third kappa shape index (κ3) is 3.03. The van der Waals surface area contributed by atoms with E-state index < -0.39 is 0 Å². The number of nitrogens with two attached hydrogens (primary N) is 1. The summed E-state index contributed by atoms with van der Waals surface area (Å²) in [7, 11) is 0. The Balaban J connectivity index is 1.83. The second-order valence-electron chi connectivity index (χ2n) is 4.71. The van der Waals surface area contributed by atoms with Crippen LogP contribution < -0.4 is 11.3 Å². The molecule has 0 spiro atoms. The van der Waals surface area contributed by atoms with E-state index in [0.29, 0.717) is 6.04 Å². The number of nitrogens with zero attached hydrogens (tertiary/aromatic N) is 1. The molecule has 3 nitrogen and oxygen atoms in total. The first kappa shape index (κ1) is 11.6. The van der Waals surface area contributed by atoms with Crippen molar-refractivity contribution in [3.8, 4) is 0 Å². The lowest BCUT2D eigenvalue weighted by atomic mass is 9.93. The highest BCUT2D eigenvalue weighted by Crippen LogP contribution is 2.29. The van der Waals surface area contributed by atoms with Crippen molar-refractivity contribution in [2.45, 2.75) is 44.6 Å². The van der Waals surface area contributed by atoms with Crippen LogP contribution in [-0.4, -0.2) is 11.0 Å². The molecule has 0 aromatic carbocycles. The smallest absolute Gasteiger partial charge is 0.0270 e. The fraction of sp³-hybridized carbons (Fsp3) is 0.615. The highest BCUT2D eigenvalue weighted by atomic mass is 15.2. The van der Waals surface area contributed by atoms with Crippen molar-refractivity contribution >= 4 is 0 Å². The van der Waals surface area contributed by atoms with Gasteiger partial charge in [0.2, 0.25) is 0 Å². The zero-order valence-corrected chi connectivity index (χ0v) is 9.73. The summed E-state index contributed by atoms with van der Waals surface area (Å²) in [4.78, 5) is 4.03. The maximum Gasteiger partial charge on any atom is 0.0270 e. The number of nitrogens with one attached hydrogen (secondary N) is 1. The highest BCUT2D eigenvalue weighted by Gasteiger charge is 2.23. The molecule has 0 radical (unpaired) electrons. The van der Waals surface area contributed by atoms with Crippen LogP contribution in [0, 0.1) is 5.92 Å². The Hall–Kier alpha value is -0.930. The maximum absolute atomic E-state index is 5.65. The van der Waals surface area contributed by atoms with Crippen molar-refractivity contribution in [3.05, 3.63) is 30.1 Å². The van der Waals surface area contributed by atoms with Crippen LogP contribution in [0.2, 0.25) is 0 Å². The molecule has 1 fully saturated rings. The second-order valence-corrected chi connectivity index (χ2v) is 4.71. The van der Waals surface area contributed by atoms with Crippen LogP contribution in [0.15, 0.2) is 24.5 Å². The van der Waals surface area contributed by atoms with Gasteiger partial charge < -0.3 is 0 Å². The summed E-state index contributed by atoms with van der Waals surface area (Å²) in [5.41, 5.74) is 4.35. The molecule has 1 unspecified atom stereocenters. The van der Waals surface area contributed by atoms with Gasteiger partial charge in [-0.3, -0.25) is 16.3 Å². The summed E-state index contributed by atoms with van der Waals surface area (Å²) in [6.07, 6.45) is 11.4. The van der Waals surface area contributed by atoms with Gasteiger partial charge in [0, 0.05) is 18.4 Å². The van der Waals surface area contributed by atoms with Crippen molar-refractivity contribution in [1.82, 2.24) is 10.4 Å². The van der Waals surface area contributed by atoms with Gasteiger partial charge in [-0.15, -0.1) is 0 Å². The Kier molecular flexibility index (Phi) is 4.31. The summed E-state index contributed by atoms with van der Waals surface area (Å²) >= 11 is 0. The predicted molar refractivity (Wildman–Crippen MR) is 65.6 cm³/mol. The molecule has 0 amide bonds. The minimum atomic E-state index is 0.482. The van der Waals surface area contributed by atoms with Crippen molar-refractivity contribution in [3.63, 3.8) is 0 Å². The van der Waals surface area contributed by atoms with Crippen molar-refractivity contribution < 1.29 is 0 Å². The molecule has 1 atom stereocenters. The Morgan fingerprint density at radius 1 is 1.31 bits per heavy atom. The number of aryl methyl sites for hydroxylation is 1. The van der Waals surface area contributed by atoms with Crippen molar-refractivity contribution in [2.24, 2.45) is 11.8 Å². The number of aromatic nitrogens is 1. The molecule has 0 bridgehead atoms. The van der Waals surface area contributed by atoms with Crippen LogP contribution in [-0.2, 0) is 6.42 Å². The first-order valence-corrected chi connectivity index (χ1v) is 6.25. The lowest BCUT2D eigenvalue weighted by Crippen LogP contribution is -2.40. The Morgan fingerprint density at radius 3 is 2.62 bits per heavy atom. The number of hydrogen-bond acceptors (Lipinski definition) is 3. The van der Waals surface area contributed by atoms with Gasteiger partial charge in [0.05, 0.1) is 0 Å². The molecule has 3 heteroatoms. The van der Waals surface area contributed by atoms with Crippen LogP contribution >= 0.6 is 0 Å². The summed E-state index contributed by atoms with van der Waals surface area (Å²) in [6.45, 7) is 0. The number of hydrazine groups is 1. The van der Waals surface area contributed by atoms with E-state index in [0.717, 1.165) is 18.8 Å². The average Bonchev–Trinajstić information content (AvgIpc) is 2.85. The van der Waals surface area contributed by atoms with Crippen LogP contribution in [0.1, 0.15) is 37.7 Å². The van der Waals surface area contributed by atoms with Gasteiger partial charge >= 0.3 is 0 Å². The number of pyridine rings is 1. The van der Waals surface area contributed by atoms with Crippen LogP contribution in [0.3, 0.4) is 0 Å². The number of hydrogen-bond donors (Lipinski definition) is 2. The fourth-order valence-electron chi connectivity index (χ4n) is 2.69. The van der Waals surface area contributed by atoms with Gasteiger partial charge in [-0.1, -0.05) is 12.8 Å². The van der Waals surface area contributed by atoms with Gasteiger partial charge in [-0.05, 0) is 49.3 Å². The third-order valence-corrected chi connectivity index (χ3v) is 3.68. The molecule has 88 valence electrons. The molecule has 1 aliphatic carbocycles. The van der Waals surface area contributed by atoms with Gasteiger partial charge in [0.15, 0.2) is 0 Å². The van der Waals surface area contributed by atoms with Crippen molar-refractivity contribution in [2.75, 3.05) is 0 Å². The zero-order chi connectivity index (χ0) is 11.2. The standard InChI is InChI=1S/C13H21N3/c14-16-13(12-3-1-2-4-12)6-5-11-7-9-15-10-8-11/h7-10,12-13,16H,1-6,14H2. The Bertz CT molecular complexity index is 293. The Morgan fingerprint density at radius 2 is 2.00 bits per heavy atom. The molecule has 1 aromatic heterocycles. The molecule has 1 heterocycles. The quantitative estimate of drug-likeness (QED) is 0.588. The van der Waals surface area contributed by atoms with E-state index in [4.69, 9.17) is 5.84 Å². The lowest BCUT2D eigenvalue weighted by Gasteiger charge is -2.22. The molecule has 0 aliphatic heterocycles. The molecular weight excluding hydrogens is 198 g/mol. The predicted octanol–water partition coefficient (Wildman–Crippen LogP) is 2.04. The lowest BCUT2D eigenvalue weighted by molar-refractivity contribution is 0.345.